The molecule has 1 amide bonds. The Bertz CT molecular complexity index is 1330. The molecule has 7 nitrogen and oxygen atoms in total. The lowest BCUT2D eigenvalue weighted by Crippen LogP contribution is -2.34. The van der Waals surface area contributed by atoms with Crippen LogP contribution in [0.25, 0.3) is 0 Å². The molecule has 0 aliphatic heterocycles. The van der Waals surface area contributed by atoms with E-state index in [9.17, 15) is 13.2 Å². The molecule has 0 heterocycles. The molecule has 38 heavy (non-hydrogen) atoms. The van der Waals surface area contributed by atoms with E-state index in [0.29, 0.717) is 43.1 Å². The minimum Gasteiger partial charge on any atom is -0.492 e. The molecule has 0 saturated carbocycles. The number of amides is 1. The Balaban J connectivity index is 1.63. The number of carbonyl (C=O) groups is 1. The first-order valence-electron chi connectivity index (χ1n) is 12.4. The maximum Gasteiger partial charge on any atom is 0.261 e. The van der Waals surface area contributed by atoms with Crippen molar-refractivity contribution >= 4 is 54.9 Å². The van der Waals surface area contributed by atoms with Crippen molar-refractivity contribution in [2.24, 2.45) is 0 Å². The number of hydrogen-bond donors (Lipinski definition) is 2. The van der Waals surface area contributed by atoms with Crippen molar-refractivity contribution in [3.8, 4) is 5.75 Å². The highest BCUT2D eigenvalue weighted by atomic mass is 79.9. The van der Waals surface area contributed by atoms with Crippen LogP contribution in [0.5, 0.6) is 5.75 Å². The summed E-state index contributed by atoms with van der Waals surface area (Å²) < 4.78 is 34.1. The summed E-state index contributed by atoms with van der Waals surface area (Å²) >= 11 is 8.74. The largest absolute Gasteiger partial charge is 0.492 e. The van der Waals surface area contributed by atoms with Gasteiger partial charge in [-0.1, -0.05) is 60.1 Å². The van der Waals surface area contributed by atoms with E-state index in [4.69, 9.17) is 17.0 Å². The van der Waals surface area contributed by atoms with Crippen molar-refractivity contribution in [2.45, 2.75) is 38.0 Å². The SMILES string of the molecule is CCCN(CCC)S(=O)(=O)c1ccc(NC(=S)NC(=O)c2cc(Br)ccc2OCCc2ccccc2)cc1. The van der Waals surface area contributed by atoms with Gasteiger partial charge in [-0.05, 0) is 73.1 Å². The van der Waals surface area contributed by atoms with Crippen molar-refractivity contribution < 1.29 is 17.9 Å². The second kappa shape index (κ2) is 14.4. The van der Waals surface area contributed by atoms with Crippen LogP contribution in [0.3, 0.4) is 0 Å². The van der Waals surface area contributed by atoms with Gasteiger partial charge in [-0.2, -0.15) is 4.31 Å². The highest BCUT2D eigenvalue weighted by Gasteiger charge is 2.23. The van der Waals surface area contributed by atoms with E-state index in [0.717, 1.165) is 22.9 Å². The summed E-state index contributed by atoms with van der Waals surface area (Å²) in [6, 6.07) is 21.5. The molecule has 0 spiro atoms. The Morgan fingerprint density at radius 3 is 2.26 bits per heavy atom. The summed E-state index contributed by atoms with van der Waals surface area (Å²) in [5.41, 5.74) is 2.04. The second-order valence-electron chi connectivity index (χ2n) is 8.56. The van der Waals surface area contributed by atoms with Crippen LogP contribution < -0.4 is 15.4 Å². The van der Waals surface area contributed by atoms with E-state index in [-0.39, 0.29) is 10.0 Å². The Morgan fingerprint density at radius 2 is 1.63 bits per heavy atom. The predicted molar refractivity (Wildman–Crippen MR) is 159 cm³/mol. The first-order valence-corrected chi connectivity index (χ1v) is 15.1. The molecule has 0 saturated heterocycles. The van der Waals surface area contributed by atoms with Crippen molar-refractivity contribution in [3.63, 3.8) is 0 Å². The lowest BCUT2D eigenvalue weighted by atomic mass is 10.1. The summed E-state index contributed by atoms with van der Waals surface area (Å²) in [5, 5.41) is 5.69. The zero-order chi connectivity index (χ0) is 27.5. The van der Waals surface area contributed by atoms with Crippen LogP contribution in [0.2, 0.25) is 0 Å². The van der Waals surface area contributed by atoms with E-state index in [1.54, 1.807) is 24.3 Å². The normalized spacial score (nSPS) is 11.3. The average Bonchev–Trinajstić information content (AvgIpc) is 2.90. The van der Waals surface area contributed by atoms with Gasteiger partial charge in [0, 0.05) is 29.7 Å². The smallest absolute Gasteiger partial charge is 0.261 e. The van der Waals surface area contributed by atoms with Crippen LogP contribution in [0, 0.1) is 0 Å². The van der Waals surface area contributed by atoms with Gasteiger partial charge in [-0.3, -0.25) is 10.1 Å². The number of anilines is 1. The minimum atomic E-state index is -3.58. The molecule has 3 aromatic carbocycles. The van der Waals surface area contributed by atoms with Crippen molar-refractivity contribution in [3.05, 3.63) is 88.4 Å². The van der Waals surface area contributed by atoms with Gasteiger partial charge in [0.05, 0.1) is 17.1 Å². The lowest BCUT2D eigenvalue weighted by Gasteiger charge is -2.21. The molecule has 3 aromatic rings. The summed E-state index contributed by atoms with van der Waals surface area (Å²) in [4.78, 5) is 13.2. The molecule has 0 bridgehead atoms. The molecule has 0 atom stereocenters. The summed E-state index contributed by atoms with van der Waals surface area (Å²) in [6.45, 7) is 5.26. The van der Waals surface area contributed by atoms with Crippen LogP contribution in [0.4, 0.5) is 5.69 Å². The molecule has 0 aliphatic rings. The van der Waals surface area contributed by atoms with E-state index in [2.05, 4.69) is 26.6 Å². The first kappa shape index (κ1) is 29.8. The number of ether oxygens (including phenoxy) is 1. The first-order chi connectivity index (χ1) is 18.2. The van der Waals surface area contributed by atoms with Gasteiger partial charge in [-0.15, -0.1) is 0 Å². The van der Waals surface area contributed by atoms with Gasteiger partial charge in [0.15, 0.2) is 5.11 Å². The maximum atomic E-state index is 13.0. The number of carbonyl (C=O) groups excluding carboxylic acids is 1. The van der Waals surface area contributed by atoms with Gasteiger partial charge in [-0.25, -0.2) is 8.42 Å². The standard InChI is InChI=1S/C28H32BrN3O4S2/c1-3-17-32(18-4-2)38(34,35)24-13-11-23(12-14-24)30-28(37)31-27(33)25-20-22(29)10-15-26(25)36-19-16-21-8-6-5-7-9-21/h5-15,20H,3-4,16-19H2,1-2H3,(H2,30,31,33,37). The van der Waals surface area contributed by atoms with Crippen LogP contribution >= 0.6 is 28.1 Å². The predicted octanol–water partition coefficient (Wildman–Crippen LogP) is 6.01. The fourth-order valence-electron chi connectivity index (χ4n) is 3.77. The van der Waals surface area contributed by atoms with E-state index in [1.165, 1.54) is 16.4 Å². The van der Waals surface area contributed by atoms with Gasteiger partial charge in [0.2, 0.25) is 10.0 Å². The van der Waals surface area contributed by atoms with E-state index in [1.807, 2.05) is 50.2 Å². The number of nitrogens with zero attached hydrogens (tertiary/aromatic N) is 1. The third-order valence-corrected chi connectivity index (χ3v) is 8.21. The van der Waals surface area contributed by atoms with Crippen molar-refractivity contribution in [2.75, 3.05) is 25.0 Å². The van der Waals surface area contributed by atoms with Gasteiger partial charge in [0.25, 0.3) is 5.91 Å². The zero-order valence-corrected chi connectivity index (χ0v) is 24.7. The molecular weight excluding hydrogens is 586 g/mol. The molecule has 0 fully saturated rings. The molecule has 0 unspecified atom stereocenters. The molecule has 0 aliphatic carbocycles. The molecule has 3 rings (SSSR count). The monoisotopic (exact) mass is 617 g/mol. The van der Waals surface area contributed by atoms with Crippen LogP contribution in [0.1, 0.15) is 42.6 Å². The number of hydrogen-bond acceptors (Lipinski definition) is 5. The number of benzene rings is 3. The fraction of sp³-hybridized carbons (Fsp3) is 0.286. The highest BCUT2D eigenvalue weighted by Crippen LogP contribution is 2.24. The Labute approximate surface area is 238 Å². The van der Waals surface area contributed by atoms with Crippen molar-refractivity contribution in [1.29, 1.82) is 0 Å². The fourth-order valence-corrected chi connectivity index (χ4v) is 5.97. The third kappa shape index (κ3) is 8.36. The van der Waals surface area contributed by atoms with E-state index >= 15 is 0 Å². The molecule has 0 aromatic heterocycles. The van der Waals surface area contributed by atoms with Crippen molar-refractivity contribution in [1.82, 2.24) is 9.62 Å². The molecular formula is C28H32BrN3O4S2. The van der Waals surface area contributed by atoms with Crippen LogP contribution in [-0.4, -0.2) is 43.4 Å². The highest BCUT2D eigenvalue weighted by molar-refractivity contribution is 9.10. The third-order valence-electron chi connectivity index (χ3n) is 5.60. The van der Waals surface area contributed by atoms with E-state index < -0.39 is 15.9 Å². The summed E-state index contributed by atoms with van der Waals surface area (Å²) in [5.74, 6) is 0.0233. The number of rotatable bonds is 12. The lowest BCUT2D eigenvalue weighted by molar-refractivity contribution is 0.0973. The average molecular weight is 619 g/mol. The van der Waals surface area contributed by atoms with Gasteiger partial charge < -0.3 is 10.1 Å². The molecule has 10 heteroatoms. The zero-order valence-electron chi connectivity index (χ0n) is 21.4. The van der Waals surface area contributed by atoms with Gasteiger partial charge in [0.1, 0.15) is 5.75 Å². The number of thiocarbonyl (C=S) groups is 1. The number of nitrogens with one attached hydrogen (secondary N) is 2. The van der Waals surface area contributed by atoms with Gasteiger partial charge >= 0.3 is 0 Å². The Morgan fingerprint density at radius 1 is 0.974 bits per heavy atom. The number of halogens is 1. The van der Waals surface area contributed by atoms with Crippen LogP contribution in [0.15, 0.2) is 82.2 Å². The minimum absolute atomic E-state index is 0.0828. The molecule has 202 valence electrons. The Hall–Kier alpha value is -2.79. The molecule has 0 radical (unpaired) electrons. The topological polar surface area (TPSA) is 87.7 Å². The Kier molecular flexibility index (Phi) is 11.3. The number of sulfonamides is 1. The second-order valence-corrected chi connectivity index (χ2v) is 11.8. The summed E-state index contributed by atoms with van der Waals surface area (Å²) in [6.07, 6.45) is 2.19. The van der Waals surface area contributed by atoms with Crippen LogP contribution in [-0.2, 0) is 16.4 Å². The maximum absolute atomic E-state index is 13.0. The quantitative estimate of drug-likeness (QED) is 0.242. The summed E-state index contributed by atoms with van der Waals surface area (Å²) in [7, 11) is -3.58. The molecule has 2 N–H and O–H groups in total.